The highest BCUT2D eigenvalue weighted by Gasteiger charge is 2.42. The van der Waals surface area contributed by atoms with Gasteiger partial charge < -0.3 is 23.5 Å². The first-order valence-corrected chi connectivity index (χ1v) is 11.7. The normalized spacial score (nSPS) is 14.7. The molecule has 2 heterocycles. The summed E-state index contributed by atoms with van der Waals surface area (Å²) < 4.78 is 22.2. The number of benzene rings is 3. The summed E-state index contributed by atoms with van der Waals surface area (Å²) in [6.07, 6.45) is 0.549. The van der Waals surface area contributed by atoms with Crippen LogP contribution in [0.3, 0.4) is 0 Å². The minimum Gasteiger partial charge on any atom is -0.497 e. The lowest BCUT2D eigenvalue weighted by Crippen LogP contribution is -2.31. The Hall–Kier alpha value is -4.26. The summed E-state index contributed by atoms with van der Waals surface area (Å²) in [7, 11) is 4.77. The van der Waals surface area contributed by atoms with Gasteiger partial charge in [-0.3, -0.25) is 9.59 Å². The Bertz CT molecular complexity index is 1520. The van der Waals surface area contributed by atoms with Crippen molar-refractivity contribution in [1.82, 2.24) is 4.90 Å². The molecule has 7 heteroatoms. The quantitative estimate of drug-likeness (QED) is 0.370. The van der Waals surface area contributed by atoms with Crippen molar-refractivity contribution in [2.45, 2.75) is 19.4 Å². The van der Waals surface area contributed by atoms with Gasteiger partial charge in [0.15, 0.2) is 16.9 Å². The number of fused-ring (bicyclic) bond motifs is 2. The first-order valence-electron chi connectivity index (χ1n) is 11.7. The summed E-state index contributed by atoms with van der Waals surface area (Å²) in [6, 6.07) is 18.0. The van der Waals surface area contributed by atoms with Crippen molar-refractivity contribution in [1.29, 1.82) is 0 Å². The molecule has 1 amide bonds. The molecule has 0 radical (unpaired) electrons. The molecule has 0 fully saturated rings. The molecule has 1 aliphatic rings. The third-order valence-electron chi connectivity index (χ3n) is 6.62. The molecule has 36 heavy (non-hydrogen) atoms. The molecular formula is C29H27NO6. The molecule has 7 nitrogen and oxygen atoms in total. The monoisotopic (exact) mass is 485 g/mol. The lowest BCUT2D eigenvalue weighted by molar-refractivity contribution is 0.0730. The number of hydrogen-bond acceptors (Lipinski definition) is 6. The number of ether oxygens (including phenoxy) is 3. The molecule has 4 aromatic rings. The predicted molar refractivity (Wildman–Crippen MR) is 136 cm³/mol. The third-order valence-corrected chi connectivity index (χ3v) is 6.62. The van der Waals surface area contributed by atoms with Gasteiger partial charge in [0.2, 0.25) is 5.76 Å². The maximum atomic E-state index is 13.7. The maximum absolute atomic E-state index is 13.7. The summed E-state index contributed by atoms with van der Waals surface area (Å²) in [4.78, 5) is 29.1. The zero-order chi connectivity index (χ0) is 25.4. The van der Waals surface area contributed by atoms with Gasteiger partial charge in [-0.25, -0.2) is 0 Å². The van der Waals surface area contributed by atoms with E-state index in [0.717, 1.165) is 16.7 Å². The fourth-order valence-electron chi connectivity index (χ4n) is 4.81. The molecule has 0 saturated heterocycles. The van der Waals surface area contributed by atoms with Crippen molar-refractivity contribution in [2.24, 2.45) is 0 Å². The predicted octanol–water partition coefficient (Wildman–Crippen LogP) is 4.92. The Morgan fingerprint density at radius 1 is 0.889 bits per heavy atom. The average molecular weight is 486 g/mol. The minimum absolute atomic E-state index is 0.0940. The molecule has 0 bridgehead atoms. The molecule has 0 N–H and O–H groups in total. The van der Waals surface area contributed by atoms with Crippen LogP contribution in [0, 0.1) is 6.92 Å². The van der Waals surface area contributed by atoms with Crippen LogP contribution < -0.4 is 19.6 Å². The number of aryl methyl sites for hydroxylation is 1. The van der Waals surface area contributed by atoms with Crippen LogP contribution in [0.2, 0.25) is 0 Å². The topological polar surface area (TPSA) is 78.2 Å². The zero-order valence-electron chi connectivity index (χ0n) is 20.7. The van der Waals surface area contributed by atoms with Crippen LogP contribution in [-0.2, 0) is 6.42 Å². The summed E-state index contributed by atoms with van der Waals surface area (Å²) in [5.41, 5.74) is 3.28. The van der Waals surface area contributed by atoms with E-state index < -0.39 is 6.04 Å². The van der Waals surface area contributed by atoms with Crippen molar-refractivity contribution in [3.8, 4) is 17.2 Å². The zero-order valence-corrected chi connectivity index (χ0v) is 20.7. The number of carbonyl (C=O) groups excluding carboxylic acids is 1. The van der Waals surface area contributed by atoms with Crippen molar-refractivity contribution >= 4 is 16.9 Å². The highest BCUT2D eigenvalue weighted by Crippen LogP contribution is 2.39. The van der Waals surface area contributed by atoms with Gasteiger partial charge in [-0.1, -0.05) is 29.8 Å². The van der Waals surface area contributed by atoms with Gasteiger partial charge in [-0.2, -0.15) is 0 Å². The van der Waals surface area contributed by atoms with Gasteiger partial charge in [-0.05, 0) is 60.9 Å². The van der Waals surface area contributed by atoms with Crippen molar-refractivity contribution in [2.75, 3.05) is 27.9 Å². The highest BCUT2D eigenvalue weighted by molar-refractivity contribution is 5.99. The van der Waals surface area contributed by atoms with Crippen LogP contribution in [0.15, 0.2) is 69.9 Å². The summed E-state index contributed by atoms with van der Waals surface area (Å²) in [5.74, 6) is 1.69. The van der Waals surface area contributed by atoms with Crippen molar-refractivity contribution in [3.05, 3.63) is 98.9 Å². The molecule has 0 aliphatic carbocycles. The van der Waals surface area contributed by atoms with E-state index in [0.29, 0.717) is 46.7 Å². The molecular weight excluding hydrogens is 458 g/mol. The third kappa shape index (κ3) is 3.96. The van der Waals surface area contributed by atoms with E-state index in [2.05, 4.69) is 0 Å². The molecule has 0 saturated carbocycles. The fraction of sp³-hybridized carbons (Fsp3) is 0.241. The second-order valence-electron chi connectivity index (χ2n) is 8.79. The Labute approximate surface area is 208 Å². The summed E-state index contributed by atoms with van der Waals surface area (Å²) >= 11 is 0. The Kier molecular flexibility index (Phi) is 6.14. The number of nitrogens with zero attached hydrogens (tertiary/aromatic N) is 1. The Morgan fingerprint density at radius 2 is 1.69 bits per heavy atom. The van der Waals surface area contributed by atoms with Crippen molar-refractivity contribution < 1.29 is 23.4 Å². The molecule has 1 atom stereocenters. The molecule has 1 unspecified atom stereocenters. The van der Waals surface area contributed by atoms with Crippen LogP contribution in [-0.4, -0.2) is 38.7 Å². The average Bonchev–Trinajstić information content (AvgIpc) is 3.19. The molecule has 5 rings (SSSR count). The van der Waals surface area contributed by atoms with Gasteiger partial charge in [0.05, 0.1) is 38.3 Å². The Morgan fingerprint density at radius 3 is 2.44 bits per heavy atom. The lowest BCUT2D eigenvalue weighted by Gasteiger charge is -2.25. The van der Waals surface area contributed by atoms with Gasteiger partial charge in [0, 0.05) is 6.54 Å². The highest BCUT2D eigenvalue weighted by atomic mass is 16.5. The molecule has 1 aromatic heterocycles. The Balaban J connectivity index is 1.60. The first kappa shape index (κ1) is 23.5. The fourth-order valence-corrected chi connectivity index (χ4v) is 4.81. The minimum atomic E-state index is -0.594. The summed E-state index contributed by atoms with van der Waals surface area (Å²) in [6.45, 7) is 2.29. The number of rotatable bonds is 7. The second kappa shape index (κ2) is 9.41. The smallest absolute Gasteiger partial charge is 0.290 e. The van der Waals surface area contributed by atoms with Crippen LogP contribution in [0.25, 0.3) is 11.0 Å². The lowest BCUT2D eigenvalue weighted by atomic mass is 9.97. The molecule has 1 aliphatic heterocycles. The molecule has 0 spiro atoms. The van der Waals surface area contributed by atoms with Gasteiger partial charge in [0.1, 0.15) is 11.3 Å². The molecule has 3 aromatic carbocycles. The van der Waals surface area contributed by atoms with E-state index in [1.165, 1.54) is 0 Å². The van der Waals surface area contributed by atoms with Gasteiger partial charge in [-0.15, -0.1) is 0 Å². The first-order chi connectivity index (χ1) is 17.4. The van der Waals surface area contributed by atoms with Crippen molar-refractivity contribution in [3.63, 3.8) is 0 Å². The van der Waals surface area contributed by atoms with Gasteiger partial charge >= 0.3 is 0 Å². The summed E-state index contributed by atoms with van der Waals surface area (Å²) in [5, 5.41) is 0.469. The SMILES string of the molecule is COc1cccc(C2c3c(oc4ccc(C)cc4c3=O)C(=O)N2CCc2ccc(OC)c(OC)c2)c1. The molecule has 184 valence electrons. The van der Waals surface area contributed by atoms with E-state index in [9.17, 15) is 9.59 Å². The number of carbonyl (C=O) groups is 1. The number of hydrogen-bond donors (Lipinski definition) is 0. The van der Waals surface area contributed by atoms with E-state index in [1.54, 1.807) is 38.4 Å². The second-order valence-corrected chi connectivity index (χ2v) is 8.79. The van der Waals surface area contributed by atoms with E-state index in [1.807, 2.05) is 55.5 Å². The van der Waals surface area contributed by atoms with Crippen LogP contribution in [0.1, 0.15) is 38.9 Å². The number of methoxy groups -OCH3 is 3. The van der Waals surface area contributed by atoms with Crippen LogP contribution in [0.4, 0.5) is 0 Å². The van der Waals surface area contributed by atoms with E-state index in [-0.39, 0.29) is 17.1 Å². The van der Waals surface area contributed by atoms with E-state index >= 15 is 0 Å². The largest absolute Gasteiger partial charge is 0.497 e. The van der Waals surface area contributed by atoms with Crippen LogP contribution >= 0.6 is 0 Å². The number of amides is 1. The van der Waals surface area contributed by atoms with Crippen LogP contribution in [0.5, 0.6) is 17.2 Å². The van der Waals surface area contributed by atoms with Gasteiger partial charge in [0.25, 0.3) is 5.91 Å². The standard InChI is InChI=1S/C29H27NO6/c1-17-8-10-22-21(14-17)27(31)25-26(19-6-5-7-20(16-19)33-2)30(29(32)28(25)36-22)13-12-18-9-11-23(34-3)24(15-18)35-4/h5-11,14-16,26H,12-13H2,1-4H3. The van der Waals surface area contributed by atoms with E-state index in [4.69, 9.17) is 18.6 Å². The maximum Gasteiger partial charge on any atom is 0.290 e.